The van der Waals surface area contributed by atoms with Crippen molar-refractivity contribution < 1.29 is 9.47 Å². The zero-order chi connectivity index (χ0) is 8.81. The molecule has 0 amide bonds. The molecular weight excluding hydrogens is 220 g/mol. The molecule has 0 bridgehead atoms. The van der Waals surface area contributed by atoms with Crippen molar-refractivity contribution in [2.24, 2.45) is 0 Å². The van der Waals surface area contributed by atoms with E-state index < -0.39 is 0 Å². The monoisotopic (exact) mass is 234 g/mol. The maximum atomic E-state index is 5.48. The zero-order valence-electron chi connectivity index (χ0n) is 7.33. The molecule has 0 aromatic rings. The van der Waals surface area contributed by atoms with E-state index in [0.717, 1.165) is 19.4 Å². The summed E-state index contributed by atoms with van der Waals surface area (Å²) in [6.07, 6.45) is 6.17. The smallest absolute Gasteiger partial charge is 0.170 e. The summed E-state index contributed by atoms with van der Waals surface area (Å²) in [7, 11) is 0. The van der Waals surface area contributed by atoms with Gasteiger partial charge in [-0.05, 0) is 19.8 Å². The largest absolute Gasteiger partial charge is 0.351 e. The first-order chi connectivity index (χ1) is 5.84. The summed E-state index contributed by atoms with van der Waals surface area (Å²) in [5.41, 5.74) is 0. The third kappa shape index (κ3) is 3.25. The number of alkyl halides is 1. The Kier molecular flexibility index (Phi) is 4.88. The minimum Gasteiger partial charge on any atom is -0.351 e. The fraction of sp³-hybridized carbons (Fsp3) is 0.778. The zero-order valence-corrected chi connectivity index (χ0v) is 8.92. The molecule has 2 nitrogen and oxygen atoms in total. The van der Waals surface area contributed by atoms with Gasteiger partial charge in [-0.3, -0.25) is 0 Å². The van der Waals surface area contributed by atoms with Gasteiger partial charge in [0.1, 0.15) is 0 Å². The number of halogens is 1. The molecule has 1 aliphatic rings. The third-order valence-electron chi connectivity index (χ3n) is 1.79. The van der Waals surface area contributed by atoms with Crippen LogP contribution < -0.4 is 0 Å². The molecule has 1 saturated heterocycles. The van der Waals surface area contributed by atoms with E-state index in [4.69, 9.17) is 9.47 Å². The van der Waals surface area contributed by atoms with Crippen molar-refractivity contribution in [2.45, 2.75) is 30.9 Å². The maximum Gasteiger partial charge on any atom is 0.170 e. The molecule has 0 N–H and O–H groups in total. The minimum absolute atomic E-state index is 0.0602. The van der Waals surface area contributed by atoms with E-state index >= 15 is 0 Å². The van der Waals surface area contributed by atoms with E-state index in [2.05, 4.69) is 15.9 Å². The van der Waals surface area contributed by atoms with Gasteiger partial charge in [0.25, 0.3) is 0 Å². The molecule has 1 rings (SSSR count). The summed E-state index contributed by atoms with van der Waals surface area (Å²) >= 11 is 3.53. The fourth-order valence-electron chi connectivity index (χ4n) is 1.12. The Morgan fingerprint density at radius 2 is 2.50 bits per heavy atom. The van der Waals surface area contributed by atoms with Crippen LogP contribution in [-0.2, 0) is 9.47 Å². The third-order valence-corrected chi connectivity index (χ3v) is 2.68. The molecule has 2 atom stereocenters. The topological polar surface area (TPSA) is 18.5 Å². The Balaban J connectivity index is 2.20. The minimum atomic E-state index is -0.0602. The Morgan fingerprint density at radius 1 is 1.67 bits per heavy atom. The van der Waals surface area contributed by atoms with Crippen molar-refractivity contribution in [3.8, 4) is 0 Å². The van der Waals surface area contributed by atoms with E-state index in [1.807, 2.05) is 19.1 Å². The first-order valence-corrected chi connectivity index (χ1v) is 5.24. The Hall–Kier alpha value is 0.140. The Labute approximate surface area is 82.1 Å². The van der Waals surface area contributed by atoms with E-state index in [-0.39, 0.29) is 6.29 Å². The summed E-state index contributed by atoms with van der Waals surface area (Å²) < 4.78 is 10.9. The highest BCUT2D eigenvalue weighted by atomic mass is 79.9. The molecular formula is C9H15BrO2. The van der Waals surface area contributed by atoms with Gasteiger partial charge in [0.15, 0.2) is 6.29 Å². The number of hydrogen-bond acceptors (Lipinski definition) is 2. The number of allylic oxidation sites excluding steroid dienone is 1. The lowest BCUT2D eigenvalue weighted by Gasteiger charge is -2.27. The molecule has 1 aliphatic heterocycles. The molecule has 70 valence electrons. The normalized spacial score (nSPS) is 31.2. The molecule has 1 heterocycles. The summed E-state index contributed by atoms with van der Waals surface area (Å²) in [5, 5.41) is 0. The Bertz CT molecular complexity index is 147. The molecule has 3 heteroatoms. The number of hydrogen-bond donors (Lipinski definition) is 0. The van der Waals surface area contributed by atoms with Gasteiger partial charge in [-0.15, -0.1) is 0 Å². The molecule has 0 spiro atoms. The highest BCUT2D eigenvalue weighted by Gasteiger charge is 2.23. The Morgan fingerprint density at radius 3 is 3.17 bits per heavy atom. The second-order valence-corrected chi connectivity index (χ2v) is 3.98. The van der Waals surface area contributed by atoms with Crippen molar-refractivity contribution in [1.29, 1.82) is 0 Å². The first-order valence-electron chi connectivity index (χ1n) is 4.33. The van der Waals surface area contributed by atoms with Gasteiger partial charge in [-0.1, -0.05) is 28.1 Å². The number of ether oxygens (including phenoxy) is 2. The predicted molar refractivity (Wildman–Crippen MR) is 52.5 cm³/mol. The fourth-order valence-corrected chi connectivity index (χ4v) is 1.75. The molecule has 0 aromatic heterocycles. The lowest BCUT2D eigenvalue weighted by Crippen LogP contribution is -2.32. The predicted octanol–water partition coefficient (Wildman–Crippen LogP) is 2.48. The molecule has 2 unspecified atom stereocenters. The van der Waals surface area contributed by atoms with Gasteiger partial charge < -0.3 is 9.47 Å². The highest BCUT2D eigenvalue weighted by Crippen LogP contribution is 2.21. The van der Waals surface area contributed by atoms with E-state index in [1.165, 1.54) is 0 Å². The summed E-state index contributed by atoms with van der Waals surface area (Å²) in [6, 6.07) is 0. The SMILES string of the molecule is CC=CCOC1OCCCC1Br. The van der Waals surface area contributed by atoms with Gasteiger partial charge in [0, 0.05) is 6.61 Å². The average Bonchev–Trinajstić information content (AvgIpc) is 2.09. The van der Waals surface area contributed by atoms with Gasteiger partial charge in [0.2, 0.25) is 0 Å². The summed E-state index contributed by atoms with van der Waals surface area (Å²) in [6.45, 7) is 3.45. The summed E-state index contributed by atoms with van der Waals surface area (Å²) in [4.78, 5) is 0.358. The second-order valence-electron chi connectivity index (χ2n) is 2.80. The molecule has 1 fully saturated rings. The van der Waals surface area contributed by atoms with Crippen LogP contribution in [0.1, 0.15) is 19.8 Å². The first kappa shape index (κ1) is 10.2. The molecule has 12 heavy (non-hydrogen) atoms. The molecule has 0 aromatic carbocycles. The van der Waals surface area contributed by atoms with Crippen LogP contribution in [0.2, 0.25) is 0 Å². The standard InChI is InChI=1S/C9H15BrO2/c1-2-3-6-11-9-8(10)5-4-7-12-9/h2-3,8-9H,4-7H2,1H3. The highest BCUT2D eigenvalue weighted by molar-refractivity contribution is 9.09. The lowest BCUT2D eigenvalue weighted by atomic mass is 10.2. The van der Waals surface area contributed by atoms with Crippen LogP contribution in [0.25, 0.3) is 0 Å². The van der Waals surface area contributed by atoms with E-state index in [0.29, 0.717) is 11.4 Å². The molecule has 0 radical (unpaired) electrons. The van der Waals surface area contributed by atoms with E-state index in [1.54, 1.807) is 0 Å². The van der Waals surface area contributed by atoms with Crippen LogP contribution >= 0.6 is 15.9 Å². The number of rotatable bonds is 3. The summed E-state index contributed by atoms with van der Waals surface area (Å²) in [5.74, 6) is 0. The van der Waals surface area contributed by atoms with Crippen molar-refractivity contribution in [3.05, 3.63) is 12.2 Å². The van der Waals surface area contributed by atoms with Crippen molar-refractivity contribution >= 4 is 15.9 Å². The van der Waals surface area contributed by atoms with Crippen LogP contribution in [0.5, 0.6) is 0 Å². The van der Waals surface area contributed by atoms with Gasteiger partial charge >= 0.3 is 0 Å². The van der Waals surface area contributed by atoms with Gasteiger partial charge in [-0.2, -0.15) is 0 Å². The van der Waals surface area contributed by atoms with Crippen LogP contribution in [0.4, 0.5) is 0 Å². The van der Waals surface area contributed by atoms with Crippen LogP contribution in [-0.4, -0.2) is 24.3 Å². The lowest BCUT2D eigenvalue weighted by molar-refractivity contribution is -0.149. The quantitative estimate of drug-likeness (QED) is 0.552. The van der Waals surface area contributed by atoms with Crippen LogP contribution in [0, 0.1) is 0 Å². The van der Waals surface area contributed by atoms with Crippen molar-refractivity contribution in [3.63, 3.8) is 0 Å². The molecule has 0 saturated carbocycles. The van der Waals surface area contributed by atoms with Crippen molar-refractivity contribution in [1.82, 2.24) is 0 Å². The average molecular weight is 235 g/mol. The van der Waals surface area contributed by atoms with Gasteiger partial charge in [0.05, 0.1) is 11.4 Å². The van der Waals surface area contributed by atoms with E-state index in [9.17, 15) is 0 Å². The van der Waals surface area contributed by atoms with Crippen LogP contribution in [0.15, 0.2) is 12.2 Å². The maximum absolute atomic E-state index is 5.48. The van der Waals surface area contributed by atoms with Gasteiger partial charge in [-0.25, -0.2) is 0 Å². The van der Waals surface area contributed by atoms with Crippen molar-refractivity contribution in [2.75, 3.05) is 13.2 Å². The second kappa shape index (κ2) is 5.73. The molecule has 0 aliphatic carbocycles. The van der Waals surface area contributed by atoms with Crippen LogP contribution in [0.3, 0.4) is 0 Å².